The van der Waals surface area contributed by atoms with Gasteiger partial charge in [0.25, 0.3) is 6.02 Å². The molecule has 0 saturated carbocycles. The molecule has 3 atom stereocenters. The zero-order valence-corrected chi connectivity index (χ0v) is 23.3. The minimum absolute atomic E-state index is 0.0204. The molecule has 1 aliphatic heterocycles. The summed E-state index contributed by atoms with van der Waals surface area (Å²) in [6.45, 7) is 6.34. The van der Waals surface area contributed by atoms with E-state index in [4.69, 9.17) is 23.9 Å². The molecule has 0 fully saturated rings. The molecule has 0 N–H and O–H groups in total. The molecule has 0 spiro atoms. The van der Waals surface area contributed by atoms with Crippen molar-refractivity contribution in [3.05, 3.63) is 94.3 Å². The molecule has 208 valence electrons. The fourth-order valence-electron chi connectivity index (χ4n) is 4.91. The minimum atomic E-state index is -1.64. The van der Waals surface area contributed by atoms with Gasteiger partial charge in [-0.2, -0.15) is 0 Å². The Kier molecular flexibility index (Phi) is 8.75. The lowest BCUT2D eigenvalue weighted by Gasteiger charge is -2.41. The summed E-state index contributed by atoms with van der Waals surface area (Å²) in [7, 11) is 4.74. The third-order valence-electron chi connectivity index (χ3n) is 7.18. The molecule has 8 heteroatoms. The van der Waals surface area contributed by atoms with Gasteiger partial charge in [0.05, 0.1) is 27.4 Å². The van der Waals surface area contributed by atoms with Gasteiger partial charge in [0.2, 0.25) is 0 Å². The third-order valence-corrected chi connectivity index (χ3v) is 7.18. The molecular weight excluding hydrogens is 502 g/mol. The van der Waals surface area contributed by atoms with E-state index in [1.165, 1.54) is 13.2 Å². The van der Waals surface area contributed by atoms with Crippen LogP contribution in [0.15, 0.2) is 65.7 Å². The molecule has 6 nitrogen and oxygen atoms in total. The van der Waals surface area contributed by atoms with Crippen LogP contribution in [0.3, 0.4) is 0 Å². The minimum Gasteiger partial charge on any atom is -0.497 e. The van der Waals surface area contributed by atoms with E-state index >= 15 is 8.78 Å². The SMILES string of the molecule is COC[C@H]1OC(N(Cc2ccc(OC)cc2C)Cc2ccc(C)cc2OC)=N[C@](C)(c2ccccc2F)[C@H]1F. The predicted octanol–water partition coefficient (Wildman–Crippen LogP) is 6.12. The summed E-state index contributed by atoms with van der Waals surface area (Å²) in [5.41, 5.74) is 2.61. The van der Waals surface area contributed by atoms with Crippen LogP contribution in [0, 0.1) is 19.7 Å². The maximum atomic E-state index is 16.0. The van der Waals surface area contributed by atoms with E-state index in [-0.39, 0.29) is 18.2 Å². The van der Waals surface area contributed by atoms with Gasteiger partial charge in [-0.25, -0.2) is 13.8 Å². The van der Waals surface area contributed by atoms with Gasteiger partial charge in [-0.3, -0.25) is 0 Å². The molecule has 1 heterocycles. The van der Waals surface area contributed by atoms with Gasteiger partial charge in [0.1, 0.15) is 22.9 Å². The second kappa shape index (κ2) is 12.0. The summed E-state index contributed by atoms with van der Waals surface area (Å²) < 4.78 is 53.6. The quantitative estimate of drug-likeness (QED) is 0.329. The molecule has 0 aliphatic carbocycles. The number of hydrogen-bond donors (Lipinski definition) is 0. The van der Waals surface area contributed by atoms with Crippen LogP contribution < -0.4 is 9.47 Å². The summed E-state index contributed by atoms with van der Waals surface area (Å²) in [4.78, 5) is 6.70. The Bertz CT molecular complexity index is 1330. The normalized spacial score (nSPS) is 20.7. The van der Waals surface area contributed by atoms with Crippen molar-refractivity contribution in [2.75, 3.05) is 27.9 Å². The largest absolute Gasteiger partial charge is 0.497 e. The Morgan fingerprint density at radius 3 is 2.33 bits per heavy atom. The number of nitrogens with zero attached hydrogens (tertiary/aromatic N) is 2. The number of aliphatic imine (C=N–C) groups is 1. The van der Waals surface area contributed by atoms with E-state index in [2.05, 4.69) is 0 Å². The van der Waals surface area contributed by atoms with Gasteiger partial charge in [-0.05, 0) is 61.7 Å². The van der Waals surface area contributed by atoms with Crippen molar-refractivity contribution in [1.29, 1.82) is 0 Å². The van der Waals surface area contributed by atoms with Crippen LogP contribution in [-0.4, -0.2) is 51.1 Å². The van der Waals surface area contributed by atoms with Crippen molar-refractivity contribution >= 4 is 6.02 Å². The van der Waals surface area contributed by atoms with Crippen LogP contribution in [-0.2, 0) is 28.1 Å². The zero-order valence-electron chi connectivity index (χ0n) is 23.3. The second-order valence-corrected chi connectivity index (χ2v) is 10.00. The van der Waals surface area contributed by atoms with E-state index in [1.807, 2.05) is 55.1 Å². The lowest BCUT2D eigenvalue weighted by Crippen LogP contribution is -2.52. The van der Waals surface area contributed by atoms with Crippen molar-refractivity contribution in [3.63, 3.8) is 0 Å². The summed E-state index contributed by atoms with van der Waals surface area (Å²) in [5.74, 6) is 0.944. The first-order valence-electron chi connectivity index (χ1n) is 12.9. The van der Waals surface area contributed by atoms with E-state index in [9.17, 15) is 0 Å². The highest BCUT2D eigenvalue weighted by Gasteiger charge is 2.49. The van der Waals surface area contributed by atoms with Gasteiger partial charge >= 0.3 is 0 Å². The van der Waals surface area contributed by atoms with Gasteiger partial charge in [0.15, 0.2) is 12.3 Å². The van der Waals surface area contributed by atoms with Crippen LogP contribution in [0.4, 0.5) is 8.78 Å². The molecule has 3 aromatic rings. The highest BCUT2D eigenvalue weighted by Crippen LogP contribution is 2.40. The molecule has 0 aromatic heterocycles. The number of halogens is 2. The Morgan fingerprint density at radius 2 is 1.67 bits per heavy atom. The van der Waals surface area contributed by atoms with E-state index in [0.717, 1.165) is 33.8 Å². The van der Waals surface area contributed by atoms with Crippen molar-refractivity contribution in [3.8, 4) is 11.5 Å². The predicted molar refractivity (Wildman–Crippen MR) is 148 cm³/mol. The molecule has 4 rings (SSSR count). The molecule has 0 amide bonds. The Labute approximate surface area is 229 Å². The van der Waals surface area contributed by atoms with Crippen molar-refractivity contribution in [2.45, 2.75) is 51.7 Å². The fraction of sp³-hybridized carbons (Fsp3) is 0.387. The molecule has 0 unspecified atom stereocenters. The van der Waals surface area contributed by atoms with Crippen molar-refractivity contribution in [2.24, 2.45) is 4.99 Å². The van der Waals surface area contributed by atoms with E-state index < -0.39 is 23.6 Å². The van der Waals surface area contributed by atoms with Crippen LogP contribution in [0.5, 0.6) is 11.5 Å². The molecule has 39 heavy (non-hydrogen) atoms. The summed E-state index contributed by atoms with van der Waals surface area (Å²) in [6.07, 6.45) is -2.64. The molecule has 0 bridgehead atoms. The Hall–Kier alpha value is -3.65. The van der Waals surface area contributed by atoms with Gasteiger partial charge < -0.3 is 23.8 Å². The average molecular weight is 539 g/mol. The number of ether oxygens (including phenoxy) is 4. The first kappa shape index (κ1) is 28.4. The summed E-state index contributed by atoms with van der Waals surface area (Å²) in [5, 5.41) is 0. The van der Waals surface area contributed by atoms with E-state index in [0.29, 0.717) is 13.1 Å². The number of methoxy groups -OCH3 is 3. The van der Waals surface area contributed by atoms with Gasteiger partial charge in [-0.15, -0.1) is 0 Å². The fourth-order valence-corrected chi connectivity index (χ4v) is 4.91. The summed E-state index contributed by atoms with van der Waals surface area (Å²) in [6, 6.07) is 18.1. The number of amidine groups is 1. The van der Waals surface area contributed by atoms with Crippen molar-refractivity contribution < 1.29 is 27.7 Å². The Morgan fingerprint density at radius 1 is 0.949 bits per heavy atom. The highest BCUT2D eigenvalue weighted by atomic mass is 19.1. The molecule has 1 aliphatic rings. The molecule has 0 saturated heterocycles. The first-order valence-corrected chi connectivity index (χ1v) is 12.9. The molecule has 0 radical (unpaired) electrons. The first-order chi connectivity index (χ1) is 18.7. The monoisotopic (exact) mass is 538 g/mol. The second-order valence-electron chi connectivity index (χ2n) is 10.00. The molecular formula is C31H36F2N2O4. The number of hydrogen-bond acceptors (Lipinski definition) is 6. The maximum Gasteiger partial charge on any atom is 0.289 e. The van der Waals surface area contributed by atoms with Crippen LogP contribution in [0.2, 0.25) is 0 Å². The Balaban J connectivity index is 1.84. The number of alkyl halides is 1. The van der Waals surface area contributed by atoms with Crippen LogP contribution >= 0.6 is 0 Å². The van der Waals surface area contributed by atoms with Crippen LogP contribution in [0.1, 0.15) is 34.7 Å². The number of benzene rings is 3. The topological polar surface area (TPSA) is 52.5 Å². The lowest BCUT2D eigenvalue weighted by atomic mass is 9.84. The number of rotatable bonds is 9. The molecule has 3 aromatic carbocycles. The van der Waals surface area contributed by atoms with Crippen LogP contribution in [0.25, 0.3) is 0 Å². The smallest absolute Gasteiger partial charge is 0.289 e. The number of aryl methyl sites for hydroxylation is 2. The standard InChI is InChI=1S/C31H36F2N2O4/c1-20-11-12-23(27(15-20)38-6)18-35(17-22-13-14-24(37-5)16-21(22)2)30-34-31(3,25-9-7-8-10-26(25)32)29(33)28(39-30)19-36-4/h7-16,28-29H,17-19H2,1-6H3/t28-,29+,31-/m1/s1. The zero-order chi connectivity index (χ0) is 28.2. The third kappa shape index (κ3) is 6.01. The lowest BCUT2D eigenvalue weighted by molar-refractivity contribution is -0.0371. The van der Waals surface area contributed by atoms with E-state index in [1.54, 1.807) is 39.3 Å². The van der Waals surface area contributed by atoms with Crippen molar-refractivity contribution in [1.82, 2.24) is 4.90 Å². The van der Waals surface area contributed by atoms with Gasteiger partial charge in [0, 0.05) is 24.8 Å². The van der Waals surface area contributed by atoms with Gasteiger partial charge in [-0.1, -0.05) is 36.4 Å². The highest BCUT2D eigenvalue weighted by molar-refractivity contribution is 5.76. The average Bonchev–Trinajstić information content (AvgIpc) is 2.92. The maximum absolute atomic E-state index is 16.0. The summed E-state index contributed by atoms with van der Waals surface area (Å²) >= 11 is 0.